The van der Waals surface area contributed by atoms with E-state index in [9.17, 15) is 9.59 Å². The molecule has 0 fully saturated rings. The molecule has 1 N–H and O–H groups in total. The van der Waals surface area contributed by atoms with Crippen molar-refractivity contribution in [1.82, 2.24) is 14.6 Å². The Hall–Kier alpha value is -3.45. The predicted octanol–water partition coefficient (Wildman–Crippen LogP) is 4.08. The lowest BCUT2D eigenvalue weighted by molar-refractivity contribution is -0.115. The van der Waals surface area contributed by atoms with E-state index < -0.39 is 0 Å². The number of para-hydroxylation sites is 1. The maximum Gasteiger partial charge on any atom is 0.225 e. The van der Waals surface area contributed by atoms with Gasteiger partial charge in [-0.15, -0.1) is 10.2 Å². The second-order valence-electron chi connectivity index (χ2n) is 6.30. The van der Waals surface area contributed by atoms with Crippen LogP contribution < -0.4 is 5.32 Å². The molecule has 1 amide bonds. The summed E-state index contributed by atoms with van der Waals surface area (Å²) in [6, 6.07) is 21.8. The van der Waals surface area contributed by atoms with Crippen molar-refractivity contribution in [2.75, 3.05) is 11.1 Å². The minimum atomic E-state index is -0.153. The molecule has 29 heavy (non-hydrogen) atoms. The van der Waals surface area contributed by atoms with Gasteiger partial charge in [-0.2, -0.15) is 0 Å². The summed E-state index contributed by atoms with van der Waals surface area (Å²) in [6.45, 7) is 0. The third-order valence-corrected chi connectivity index (χ3v) is 5.27. The van der Waals surface area contributed by atoms with Gasteiger partial charge in [-0.3, -0.25) is 14.0 Å². The molecule has 0 bridgehead atoms. The molecular formula is C22H18N4O2S. The Bertz CT molecular complexity index is 1160. The molecule has 0 radical (unpaired) electrons. The second-order valence-corrected chi connectivity index (χ2v) is 7.36. The van der Waals surface area contributed by atoms with Gasteiger partial charge in [-0.05, 0) is 24.3 Å². The third-order valence-electron chi connectivity index (χ3n) is 4.32. The van der Waals surface area contributed by atoms with Crippen LogP contribution in [0.2, 0.25) is 0 Å². The smallest absolute Gasteiger partial charge is 0.225 e. The highest BCUT2D eigenvalue weighted by molar-refractivity contribution is 7.99. The summed E-state index contributed by atoms with van der Waals surface area (Å²) < 4.78 is 1.89. The first-order valence-electron chi connectivity index (χ1n) is 9.13. The number of anilines is 1. The van der Waals surface area contributed by atoms with Crippen molar-refractivity contribution in [3.05, 3.63) is 90.1 Å². The average Bonchev–Trinajstić information content (AvgIpc) is 3.17. The van der Waals surface area contributed by atoms with E-state index in [4.69, 9.17) is 0 Å². The van der Waals surface area contributed by atoms with Gasteiger partial charge in [0.15, 0.2) is 16.6 Å². The number of thioether (sulfide) groups is 1. The second kappa shape index (κ2) is 8.70. The van der Waals surface area contributed by atoms with E-state index in [-0.39, 0.29) is 11.7 Å². The molecule has 4 aromatic rings. The van der Waals surface area contributed by atoms with Gasteiger partial charge in [0, 0.05) is 29.5 Å². The summed E-state index contributed by atoms with van der Waals surface area (Å²) in [5.74, 6) is 0.279. The van der Waals surface area contributed by atoms with Crippen LogP contribution in [-0.4, -0.2) is 32.0 Å². The maximum absolute atomic E-state index is 12.8. The van der Waals surface area contributed by atoms with Crippen LogP contribution in [0.5, 0.6) is 0 Å². The number of aromatic nitrogens is 3. The van der Waals surface area contributed by atoms with Crippen molar-refractivity contribution in [3.8, 4) is 0 Å². The maximum atomic E-state index is 12.8. The van der Waals surface area contributed by atoms with Crippen molar-refractivity contribution in [2.45, 2.75) is 11.6 Å². The molecule has 6 nitrogen and oxygen atoms in total. The van der Waals surface area contributed by atoms with E-state index in [0.29, 0.717) is 29.0 Å². The van der Waals surface area contributed by atoms with Gasteiger partial charge in [-0.1, -0.05) is 60.3 Å². The van der Waals surface area contributed by atoms with Crippen LogP contribution in [0.25, 0.3) is 5.65 Å². The molecule has 2 aromatic heterocycles. The SMILES string of the molecule is O=C(CCSc1nnc2ccccn12)Nc1ccccc1C(=O)c1ccccc1. The lowest BCUT2D eigenvalue weighted by Gasteiger charge is -2.10. The molecule has 0 spiro atoms. The van der Waals surface area contributed by atoms with Crippen LogP contribution in [0.3, 0.4) is 0 Å². The summed E-state index contributed by atoms with van der Waals surface area (Å²) in [7, 11) is 0. The first-order valence-corrected chi connectivity index (χ1v) is 10.1. The van der Waals surface area contributed by atoms with Crippen molar-refractivity contribution in [3.63, 3.8) is 0 Å². The van der Waals surface area contributed by atoms with Crippen molar-refractivity contribution in [1.29, 1.82) is 0 Å². The number of benzene rings is 2. The Morgan fingerprint density at radius 1 is 0.897 bits per heavy atom. The Balaban J connectivity index is 1.39. The van der Waals surface area contributed by atoms with Crippen molar-refractivity contribution >= 4 is 34.8 Å². The van der Waals surface area contributed by atoms with Gasteiger partial charge < -0.3 is 5.32 Å². The van der Waals surface area contributed by atoms with Crippen molar-refractivity contribution < 1.29 is 9.59 Å². The number of ketones is 1. The molecule has 0 aliphatic heterocycles. The monoisotopic (exact) mass is 402 g/mol. The van der Waals surface area contributed by atoms with Crippen LogP contribution in [-0.2, 0) is 4.79 Å². The highest BCUT2D eigenvalue weighted by Crippen LogP contribution is 2.21. The fraction of sp³-hybridized carbons (Fsp3) is 0.0909. The molecule has 0 saturated carbocycles. The summed E-state index contributed by atoms with van der Waals surface area (Å²) in [5.41, 5.74) is 2.35. The highest BCUT2D eigenvalue weighted by atomic mass is 32.2. The molecule has 7 heteroatoms. The number of nitrogens with zero attached hydrogens (tertiary/aromatic N) is 3. The Kier molecular flexibility index (Phi) is 5.67. The van der Waals surface area contributed by atoms with Gasteiger partial charge in [0.1, 0.15) is 0 Å². The number of hydrogen-bond acceptors (Lipinski definition) is 5. The quantitative estimate of drug-likeness (QED) is 0.372. The van der Waals surface area contributed by atoms with E-state index in [2.05, 4.69) is 15.5 Å². The number of amides is 1. The van der Waals surface area contributed by atoms with E-state index in [1.54, 1.807) is 36.4 Å². The molecule has 0 aliphatic rings. The fourth-order valence-electron chi connectivity index (χ4n) is 2.90. The number of carbonyl (C=O) groups is 2. The summed E-state index contributed by atoms with van der Waals surface area (Å²) in [6.07, 6.45) is 2.18. The molecular weight excluding hydrogens is 384 g/mol. The number of pyridine rings is 1. The molecule has 0 saturated heterocycles. The van der Waals surface area contributed by atoms with E-state index in [0.717, 1.165) is 10.8 Å². The Labute approximate surface area is 172 Å². The van der Waals surface area contributed by atoms with E-state index >= 15 is 0 Å². The van der Waals surface area contributed by atoms with Gasteiger partial charge in [0.25, 0.3) is 0 Å². The predicted molar refractivity (Wildman–Crippen MR) is 113 cm³/mol. The van der Waals surface area contributed by atoms with Crippen LogP contribution in [0.15, 0.2) is 84.1 Å². The normalized spacial score (nSPS) is 10.8. The van der Waals surface area contributed by atoms with E-state index in [1.807, 2.05) is 47.0 Å². The van der Waals surface area contributed by atoms with Crippen molar-refractivity contribution in [2.24, 2.45) is 0 Å². The zero-order chi connectivity index (χ0) is 20.1. The third kappa shape index (κ3) is 4.35. The van der Waals surface area contributed by atoms with Gasteiger partial charge in [0.05, 0.1) is 5.69 Å². The molecule has 144 valence electrons. The lowest BCUT2D eigenvalue weighted by Crippen LogP contribution is -2.15. The number of nitrogens with one attached hydrogen (secondary N) is 1. The van der Waals surface area contributed by atoms with Crippen LogP contribution in [0.1, 0.15) is 22.3 Å². The summed E-state index contributed by atoms with van der Waals surface area (Å²) in [5, 5.41) is 11.9. The van der Waals surface area contributed by atoms with Gasteiger partial charge in [-0.25, -0.2) is 0 Å². The Morgan fingerprint density at radius 3 is 2.52 bits per heavy atom. The largest absolute Gasteiger partial charge is 0.325 e. The van der Waals surface area contributed by atoms with Crippen LogP contribution >= 0.6 is 11.8 Å². The summed E-state index contributed by atoms with van der Waals surface area (Å²) in [4.78, 5) is 25.2. The average molecular weight is 402 g/mol. The zero-order valence-corrected chi connectivity index (χ0v) is 16.3. The lowest BCUT2D eigenvalue weighted by atomic mass is 10.0. The number of fused-ring (bicyclic) bond motifs is 1. The fourth-order valence-corrected chi connectivity index (χ4v) is 3.76. The standard InChI is InChI=1S/C22H18N4O2S/c27-20(13-15-29-22-25-24-19-12-6-7-14-26(19)22)23-18-11-5-4-10-17(18)21(28)16-8-2-1-3-9-16/h1-12,14H,13,15H2,(H,23,27). The molecule has 2 heterocycles. The van der Waals surface area contributed by atoms with Crippen LogP contribution in [0.4, 0.5) is 5.69 Å². The topological polar surface area (TPSA) is 76.4 Å². The van der Waals surface area contributed by atoms with Gasteiger partial charge >= 0.3 is 0 Å². The number of rotatable bonds is 7. The number of hydrogen-bond donors (Lipinski definition) is 1. The first-order chi connectivity index (χ1) is 14.2. The zero-order valence-electron chi connectivity index (χ0n) is 15.5. The molecule has 0 aliphatic carbocycles. The summed E-state index contributed by atoms with van der Waals surface area (Å²) >= 11 is 1.46. The van der Waals surface area contributed by atoms with Crippen LogP contribution in [0, 0.1) is 0 Å². The minimum absolute atomic E-state index is 0.120. The first kappa shape index (κ1) is 18.9. The van der Waals surface area contributed by atoms with E-state index in [1.165, 1.54) is 11.8 Å². The minimum Gasteiger partial charge on any atom is -0.325 e. The van der Waals surface area contributed by atoms with Gasteiger partial charge in [0.2, 0.25) is 5.91 Å². The highest BCUT2D eigenvalue weighted by Gasteiger charge is 2.15. The molecule has 0 unspecified atom stereocenters. The Morgan fingerprint density at radius 2 is 1.66 bits per heavy atom. The molecule has 4 rings (SSSR count). The number of carbonyl (C=O) groups excluding carboxylic acids is 2. The molecule has 2 aromatic carbocycles. The molecule has 0 atom stereocenters.